The van der Waals surface area contributed by atoms with Crippen LogP contribution >= 0.6 is 0 Å². The predicted octanol–water partition coefficient (Wildman–Crippen LogP) is 3.35. The van der Waals surface area contributed by atoms with Gasteiger partial charge in [0.05, 0.1) is 17.4 Å². The summed E-state index contributed by atoms with van der Waals surface area (Å²) in [5.41, 5.74) is 7.16. The first-order valence-electron chi connectivity index (χ1n) is 7.92. The average molecular weight is 291 g/mol. The van der Waals surface area contributed by atoms with E-state index >= 15 is 0 Å². The van der Waals surface area contributed by atoms with Gasteiger partial charge in [0.2, 0.25) is 5.91 Å². The number of likely N-dealkylation sites (N-methyl/N-ethyl adjacent to an activating group) is 1. The molecule has 0 heterocycles. The molecule has 118 valence electrons. The molecule has 0 bridgehead atoms. The van der Waals surface area contributed by atoms with Gasteiger partial charge in [0, 0.05) is 6.54 Å². The topological polar surface area (TPSA) is 58.4 Å². The maximum atomic E-state index is 12.4. The maximum Gasteiger partial charge on any atom is 0.241 e. The highest BCUT2D eigenvalue weighted by Crippen LogP contribution is 2.18. The normalized spacial score (nSPS) is 12.7. The monoisotopic (exact) mass is 291 g/mol. The smallest absolute Gasteiger partial charge is 0.241 e. The van der Waals surface area contributed by atoms with Crippen LogP contribution in [0.1, 0.15) is 40.5 Å². The number of hydrogen-bond donors (Lipinski definition) is 2. The minimum absolute atomic E-state index is 0.000654. The summed E-state index contributed by atoms with van der Waals surface area (Å²) in [6.07, 6.45) is 2.29. The van der Waals surface area contributed by atoms with Gasteiger partial charge in [-0.2, -0.15) is 0 Å². The van der Waals surface area contributed by atoms with Crippen LogP contribution in [0, 0.1) is 5.92 Å². The number of nitrogens with two attached hydrogens (primary N) is 1. The van der Waals surface area contributed by atoms with Crippen LogP contribution < -0.4 is 11.1 Å². The number of nitrogens with one attached hydrogen (secondary N) is 1. The number of carbonyl (C=O) groups is 1. The van der Waals surface area contributed by atoms with Gasteiger partial charge in [-0.05, 0) is 31.5 Å². The van der Waals surface area contributed by atoms with E-state index in [4.69, 9.17) is 5.73 Å². The summed E-state index contributed by atoms with van der Waals surface area (Å²) in [5, 5.41) is 2.93. The molecule has 0 saturated heterocycles. The lowest BCUT2D eigenvalue weighted by molar-refractivity contribution is -0.120. The zero-order valence-electron chi connectivity index (χ0n) is 13.7. The SMILES string of the molecule is CCC(CC)CN(CC)C(C)C(=O)Nc1ccccc1N. The molecule has 1 aromatic carbocycles. The van der Waals surface area contributed by atoms with Gasteiger partial charge in [0.1, 0.15) is 0 Å². The molecule has 0 aliphatic carbocycles. The number of nitrogens with zero attached hydrogens (tertiary/aromatic N) is 1. The van der Waals surface area contributed by atoms with E-state index in [0.29, 0.717) is 17.3 Å². The number of carbonyl (C=O) groups excluding carboxylic acids is 1. The fourth-order valence-electron chi connectivity index (χ4n) is 2.45. The van der Waals surface area contributed by atoms with Crippen LogP contribution in [-0.2, 0) is 4.79 Å². The third-order valence-corrected chi connectivity index (χ3v) is 4.20. The Kier molecular flexibility index (Phi) is 7.23. The first kappa shape index (κ1) is 17.5. The van der Waals surface area contributed by atoms with Crippen molar-refractivity contribution in [3.8, 4) is 0 Å². The molecule has 0 spiro atoms. The van der Waals surface area contributed by atoms with E-state index < -0.39 is 0 Å². The molecule has 0 saturated carbocycles. The molecule has 1 amide bonds. The Bertz CT molecular complexity index is 443. The van der Waals surface area contributed by atoms with Gasteiger partial charge in [0.15, 0.2) is 0 Å². The molecule has 21 heavy (non-hydrogen) atoms. The van der Waals surface area contributed by atoms with Crippen molar-refractivity contribution in [2.24, 2.45) is 5.92 Å². The van der Waals surface area contributed by atoms with Crippen molar-refractivity contribution in [2.45, 2.75) is 46.6 Å². The summed E-state index contributed by atoms with van der Waals surface area (Å²) in [6.45, 7) is 10.3. The molecule has 0 fully saturated rings. The van der Waals surface area contributed by atoms with Crippen LogP contribution in [0.5, 0.6) is 0 Å². The van der Waals surface area contributed by atoms with E-state index in [2.05, 4.69) is 31.0 Å². The lowest BCUT2D eigenvalue weighted by Crippen LogP contribution is -2.44. The number of anilines is 2. The molecule has 0 aliphatic heterocycles. The van der Waals surface area contributed by atoms with Gasteiger partial charge in [0.25, 0.3) is 0 Å². The van der Waals surface area contributed by atoms with Crippen molar-refractivity contribution < 1.29 is 4.79 Å². The highest BCUT2D eigenvalue weighted by molar-refractivity contribution is 5.97. The zero-order valence-corrected chi connectivity index (χ0v) is 13.7. The van der Waals surface area contributed by atoms with Crippen molar-refractivity contribution in [3.05, 3.63) is 24.3 Å². The molecule has 0 aliphatic rings. The predicted molar refractivity (Wildman–Crippen MR) is 90.3 cm³/mol. The summed E-state index contributed by atoms with van der Waals surface area (Å²) in [5.74, 6) is 0.641. The first-order chi connectivity index (χ1) is 10.0. The van der Waals surface area contributed by atoms with Crippen LogP contribution in [0.3, 0.4) is 0 Å². The van der Waals surface area contributed by atoms with Crippen molar-refractivity contribution in [3.63, 3.8) is 0 Å². The Morgan fingerprint density at radius 1 is 1.24 bits per heavy atom. The van der Waals surface area contributed by atoms with Gasteiger partial charge in [-0.3, -0.25) is 9.69 Å². The Labute approximate surface area is 128 Å². The molecular weight excluding hydrogens is 262 g/mol. The van der Waals surface area contributed by atoms with Crippen LogP contribution in [0.25, 0.3) is 0 Å². The van der Waals surface area contributed by atoms with Crippen LogP contribution in [-0.4, -0.2) is 29.9 Å². The van der Waals surface area contributed by atoms with Gasteiger partial charge >= 0.3 is 0 Å². The van der Waals surface area contributed by atoms with Crippen LogP contribution in [0.2, 0.25) is 0 Å². The summed E-state index contributed by atoms with van der Waals surface area (Å²) >= 11 is 0. The number of hydrogen-bond acceptors (Lipinski definition) is 3. The van der Waals surface area contributed by atoms with Crippen molar-refractivity contribution >= 4 is 17.3 Å². The molecule has 0 aromatic heterocycles. The van der Waals surface area contributed by atoms with Gasteiger partial charge < -0.3 is 11.1 Å². The van der Waals surface area contributed by atoms with Crippen LogP contribution in [0.15, 0.2) is 24.3 Å². The Morgan fingerprint density at radius 3 is 2.38 bits per heavy atom. The van der Waals surface area contributed by atoms with Crippen LogP contribution in [0.4, 0.5) is 11.4 Å². The molecule has 3 N–H and O–H groups in total. The fourth-order valence-corrected chi connectivity index (χ4v) is 2.45. The fraction of sp³-hybridized carbons (Fsp3) is 0.588. The maximum absolute atomic E-state index is 12.4. The van der Waals surface area contributed by atoms with E-state index in [-0.39, 0.29) is 11.9 Å². The van der Waals surface area contributed by atoms with Crippen molar-refractivity contribution in [2.75, 3.05) is 24.1 Å². The highest BCUT2D eigenvalue weighted by atomic mass is 16.2. The lowest BCUT2D eigenvalue weighted by atomic mass is 10.0. The molecule has 0 radical (unpaired) electrons. The van der Waals surface area contributed by atoms with E-state index in [1.807, 2.05) is 25.1 Å². The highest BCUT2D eigenvalue weighted by Gasteiger charge is 2.22. The van der Waals surface area contributed by atoms with E-state index in [1.165, 1.54) is 0 Å². The summed E-state index contributed by atoms with van der Waals surface area (Å²) in [4.78, 5) is 14.6. The number of amides is 1. The molecule has 1 rings (SSSR count). The van der Waals surface area contributed by atoms with Crippen molar-refractivity contribution in [1.82, 2.24) is 4.90 Å². The number of benzene rings is 1. The average Bonchev–Trinajstić information content (AvgIpc) is 2.50. The van der Waals surface area contributed by atoms with Gasteiger partial charge in [-0.15, -0.1) is 0 Å². The Morgan fingerprint density at radius 2 is 1.86 bits per heavy atom. The van der Waals surface area contributed by atoms with E-state index in [9.17, 15) is 4.79 Å². The quantitative estimate of drug-likeness (QED) is 0.722. The zero-order chi connectivity index (χ0) is 15.8. The second-order valence-corrected chi connectivity index (χ2v) is 5.52. The Balaban J connectivity index is 2.69. The van der Waals surface area contributed by atoms with Gasteiger partial charge in [-0.1, -0.05) is 45.7 Å². The second kappa shape index (κ2) is 8.67. The molecule has 4 nitrogen and oxygen atoms in total. The summed E-state index contributed by atoms with van der Waals surface area (Å²) < 4.78 is 0. The van der Waals surface area contributed by atoms with E-state index in [1.54, 1.807) is 6.07 Å². The molecule has 1 aromatic rings. The third kappa shape index (κ3) is 5.05. The third-order valence-electron chi connectivity index (χ3n) is 4.20. The minimum atomic E-state index is -0.157. The number of rotatable bonds is 8. The van der Waals surface area contributed by atoms with E-state index in [0.717, 1.165) is 25.9 Å². The summed E-state index contributed by atoms with van der Waals surface area (Å²) in [6, 6.07) is 7.20. The lowest BCUT2D eigenvalue weighted by Gasteiger charge is -2.30. The molecule has 1 unspecified atom stereocenters. The Hall–Kier alpha value is -1.55. The number of nitrogen functional groups attached to an aromatic ring is 1. The molecule has 1 atom stereocenters. The minimum Gasteiger partial charge on any atom is -0.397 e. The largest absolute Gasteiger partial charge is 0.397 e. The summed E-state index contributed by atoms with van der Waals surface area (Å²) in [7, 11) is 0. The number of para-hydroxylation sites is 2. The molecule has 4 heteroatoms. The standard InChI is InChI=1S/C17H29N3O/c1-5-14(6-2)12-20(7-3)13(4)17(21)19-16-11-9-8-10-15(16)18/h8-11,13-14H,5-7,12,18H2,1-4H3,(H,19,21). The molecular formula is C17H29N3O. The van der Waals surface area contributed by atoms with Crippen molar-refractivity contribution in [1.29, 1.82) is 0 Å². The van der Waals surface area contributed by atoms with Gasteiger partial charge in [-0.25, -0.2) is 0 Å². The first-order valence-corrected chi connectivity index (χ1v) is 7.92. The second-order valence-electron chi connectivity index (χ2n) is 5.52.